The molecule has 4 heteroatoms. The fourth-order valence-electron chi connectivity index (χ4n) is 2.88. The Kier molecular flexibility index (Phi) is 5.59. The topological polar surface area (TPSA) is 38.8 Å². The zero-order valence-electron chi connectivity index (χ0n) is 14.9. The molecule has 0 unspecified atom stereocenters. The summed E-state index contributed by atoms with van der Waals surface area (Å²) in [6, 6.07) is 16.1. The average molecular weight is 339 g/mol. The first-order valence-corrected chi connectivity index (χ1v) is 8.83. The molecule has 0 heterocycles. The fourth-order valence-corrected chi connectivity index (χ4v) is 2.88. The van der Waals surface area contributed by atoms with E-state index in [1.54, 1.807) is 7.11 Å². The first-order chi connectivity index (χ1) is 12.2. The van der Waals surface area contributed by atoms with E-state index < -0.39 is 0 Å². The SMILES string of the molecule is CCOc1ccc(CC(=O)N(Cc2ccc(OC)cc2)C2CC2)cc1. The normalized spacial score (nSPS) is 13.4. The van der Waals surface area contributed by atoms with Crippen LogP contribution >= 0.6 is 0 Å². The second kappa shape index (κ2) is 8.06. The smallest absolute Gasteiger partial charge is 0.227 e. The first-order valence-electron chi connectivity index (χ1n) is 8.83. The molecule has 1 saturated carbocycles. The molecule has 0 atom stereocenters. The molecule has 0 spiro atoms. The maximum Gasteiger partial charge on any atom is 0.227 e. The Morgan fingerprint density at radius 2 is 1.60 bits per heavy atom. The number of methoxy groups -OCH3 is 1. The third-order valence-electron chi connectivity index (χ3n) is 4.41. The maximum absolute atomic E-state index is 12.8. The second-order valence-corrected chi connectivity index (χ2v) is 6.35. The van der Waals surface area contributed by atoms with Gasteiger partial charge >= 0.3 is 0 Å². The monoisotopic (exact) mass is 339 g/mol. The Balaban J connectivity index is 1.64. The van der Waals surface area contributed by atoms with E-state index in [0.717, 1.165) is 35.5 Å². The van der Waals surface area contributed by atoms with E-state index in [0.29, 0.717) is 25.6 Å². The van der Waals surface area contributed by atoms with Crippen LogP contribution in [0.3, 0.4) is 0 Å². The van der Waals surface area contributed by atoms with Crippen LogP contribution in [-0.4, -0.2) is 30.6 Å². The molecule has 1 amide bonds. The number of rotatable bonds is 8. The Morgan fingerprint density at radius 1 is 1.00 bits per heavy atom. The van der Waals surface area contributed by atoms with E-state index in [1.165, 1.54) is 0 Å². The molecule has 0 N–H and O–H groups in total. The van der Waals surface area contributed by atoms with Gasteiger partial charge in [-0.25, -0.2) is 0 Å². The predicted octanol–water partition coefficient (Wildman–Crippen LogP) is 3.83. The standard InChI is InChI=1S/C21H25NO3/c1-3-25-20-12-4-16(5-13-20)14-21(23)22(18-8-9-18)15-17-6-10-19(24-2)11-7-17/h4-7,10-13,18H,3,8-9,14-15H2,1-2H3. The van der Waals surface area contributed by atoms with Gasteiger partial charge in [-0.1, -0.05) is 24.3 Å². The summed E-state index contributed by atoms with van der Waals surface area (Å²) in [5.41, 5.74) is 2.15. The molecule has 25 heavy (non-hydrogen) atoms. The number of carbonyl (C=O) groups excluding carboxylic acids is 1. The van der Waals surface area contributed by atoms with Crippen LogP contribution in [0.15, 0.2) is 48.5 Å². The predicted molar refractivity (Wildman–Crippen MR) is 97.9 cm³/mol. The van der Waals surface area contributed by atoms with Crippen molar-refractivity contribution < 1.29 is 14.3 Å². The van der Waals surface area contributed by atoms with E-state index in [2.05, 4.69) is 0 Å². The molecule has 1 aliphatic rings. The molecule has 2 aromatic carbocycles. The lowest BCUT2D eigenvalue weighted by atomic mass is 10.1. The van der Waals surface area contributed by atoms with Crippen molar-refractivity contribution in [2.24, 2.45) is 0 Å². The van der Waals surface area contributed by atoms with Crippen molar-refractivity contribution in [3.8, 4) is 11.5 Å². The second-order valence-electron chi connectivity index (χ2n) is 6.35. The van der Waals surface area contributed by atoms with Gasteiger partial charge in [0.1, 0.15) is 11.5 Å². The lowest BCUT2D eigenvalue weighted by Gasteiger charge is -2.23. The van der Waals surface area contributed by atoms with E-state index in [1.807, 2.05) is 60.4 Å². The minimum atomic E-state index is 0.183. The van der Waals surface area contributed by atoms with Crippen molar-refractivity contribution in [1.29, 1.82) is 0 Å². The third-order valence-corrected chi connectivity index (χ3v) is 4.41. The lowest BCUT2D eigenvalue weighted by molar-refractivity contribution is -0.131. The molecule has 0 radical (unpaired) electrons. The number of benzene rings is 2. The van der Waals surface area contributed by atoms with E-state index in [9.17, 15) is 4.79 Å². The van der Waals surface area contributed by atoms with Crippen LogP contribution in [0, 0.1) is 0 Å². The zero-order valence-corrected chi connectivity index (χ0v) is 14.9. The number of hydrogen-bond donors (Lipinski definition) is 0. The number of nitrogens with zero attached hydrogens (tertiary/aromatic N) is 1. The number of amides is 1. The summed E-state index contributed by atoms with van der Waals surface area (Å²) in [6.45, 7) is 3.27. The summed E-state index contributed by atoms with van der Waals surface area (Å²) in [4.78, 5) is 14.8. The molecule has 0 bridgehead atoms. The molecule has 1 fully saturated rings. The molecule has 0 aromatic heterocycles. The van der Waals surface area contributed by atoms with Crippen LogP contribution in [0.5, 0.6) is 11.5 Å². The first kappa shape index (κ1) is 17.3. The van der Waals surface area contributed by atoms with Gasteiger partial charge in [0.15, 0.2) is 0 Å². The number of hydrogen-bond acceptors (Lipinski definition) is 3. The van der Waals surface area contributed by atoms with Crippen molar-refractivity contribution in [3.05, 3.63) is 59.7 Å². The molecule has 4 nitrogen and oxygen atoms in total. The molecule has 0 aliphatic heterocycles. The molecule has 0 saturated heterocycles. The van der Waals surface area contributed by atoms with E-state index in [-0.39, 0.29) is 5.91 Å². The van der Waals surface area contributed by atoms with Gasteiger partial charge in [0.25, 0.3) is 0 Å². The summed E-state index contributed by atoms with van der Waals surface area (Å²) in [5, 5.41) is 0. The van der Waals surface area contributed by atoms with E-state index in [4.69, 9.17) is 9.47 Å². The minimum absolute atomic E-state index is 0.183. The Hall–Kier alpha value is -2.49. The van der Waals surface area contributed by atoms with Crippen molar-refractivity contribution in [1.82, 2.24) is 4.90 Å². The average Bonchev–Trinajstić information content (AvgIpc) is 3.47. The highest BCUT2D eigenvalue weighted by atomic mass is 16.5. The van der Waals surface area contributed by atoms with Crippen LogP contribution in [-0.2, 0) is 17.8 Å². The molecular weight excluding hydrogens is 314 g/mol. The van der Waals surface area contributed by atoms with Gasteiger partial charge in [0.2, 0.25) is 5.91 Å². The van der Waals surface area contributed by atoms with Gasteiger partial charge in [-0.05, 0) is 55.2 Å². The van der Waals surface area contributed by atoms with Crippen LogP contribution < -0.4 is 9.47 Å². The van der Waals surface area contributed by atoms with Crippen LogP contribution in [0.4, 0.5) is 0 Å². The van der Waals surface area contributed by atoms with Crippen molar-refractivity contribution in [3.63, 3.8) is 0 Å². The summed E-state index contributed by atoms with van der Waals surface area (Å²) in [7, 11) is 1.66. The molecule has 132 valence electrons. The summed E-state index contributed by atoms with van der Waals surface area (Å²) < 4.78 is 10.7. The molecule has 3 rings (SSSR count). The largest absolute Gasteiger partial charge is 0.497 e. The van der Waals surface area contributed by atoms with Gasteiger partial charge in [-0.3, -0.25) is 4.79 Å². The van der Waals surface area contributed by atoms with Crippen molar-refractivity contribution in [2.75, 3.05) is 13.7 Å². The van der Waals surface area contributed by atoms with E-state index >= 15 is 0 Å². The van der Waals surface area contributed by atoms with Crippen molar-refractivity contribution >= 4 is 5.91 Å². The van der Waals surface area contributed by atoms with Crippen LogP contribution in [0.25, 0.3) is 0 Å². The van der Waals surface area contributed by atoms with Gasteiger partial charge in [-0.15, -0.1) is 0 Å². The highest BCUT2D eigenvalue weighted by molar-refractivity contribution is 5.79. The summed E-state index contributed by atoms with van der Waals surface area (Å²) >= 11 is 0. The third kappa shape index (κ3) is 4.75. The Morgan fingerprint density at radius 3 is 2.16 bits per heavy atom. The molecule has 2 aromatic rings. The lowest BCUT2D eigenvalue weighted by Crippen LogP contribution is -2.33. The highest BCUT2D eigenvalue weighted by Crippen LogP contribution is 2.29. The molecule has 1 aliphatic carbocycles. The van der Waals surface area contributed by atoms with Gasteiger partial charge in [0.05, 0.1) is 20.1 Å². The minimum Gasteiger partial charge on any atom is -0.497 e. The summed E-state index contributed by atoms with van der Waals surface area (Å²) in [6.07, 6.45) is 2.63. The summed E-state index contributed by atoms with van der Waals surface area (Å²) in [5.74, 6) is 1.86. The van der Waals surface area contributed by atoms with Gasteiger partial charge in [-0.2, -0.15) is 0 Å². The Bertz CT molecular complexity index is 690. The zero-order chi connectivity index (χ0) is 17.6. The highest BCUT2D eigenvalue weighted by Gasteiger charge is 2.32. The number of ether oxygens (including phenoxy) is 2. The molecular formula is C21H25NO3. The Labute approximate surface area is 149 Å². The fraction of sp³-hybridized carbons (Fsp3) is 0.381. The maximum atomic E-state index is 12.8. The quantitative estimate of drug-likeness (QED) is 0.734. The van der Waals surface area contributed by atoms with Gasteiger partial charge < -0.3 is 14.4 Å². The van der Waals surface area contributed by atoms with Gasteiger partial charge in [0, 0.05) is 12.6 Å². The van der Waals surface area contributed by atoms with Crippen LogP contribution in [0.1, 0.15) is 30.9 Å². The number of carbonyl (C=O) groups is 1. The van der Waals surface area contributed by atoms with Crippen molar-refractivity contribution in [2.45, 2.75) is 38.8 Å². The van der Waals surface area contributed by atoms with Crippen LogP contribution in [0.2, 0.25) is 0 Å².